The first-order valence-electron chi connectivity index (χ1n) is 8.73. The molecular weight excluding hydrogens is 316 g/mol. The standard InChI is InChI=1S/C17H23F2N3O2/c18-12-1-13(5-20)22(7-12)14(23)6-21-16-3-11-2-15(19,8-16)9-17(24,4-11)10-16/h11-13,21,24H,1-4,6-10H2/t11?,12-,13-,15?,16?,17?/m0/s1. The number of carbonyl (C=O) groups excluding carboxylic acids is 1. The Morgan fingerprint density at radius 1 is 1.33 bits per heavy atom. The molecule has 5 fully saturated rings. The van der Waals surface area contributed by atoms with Crippen molar-refractivity contribution in [3.05, 3.63) is 0 Å². The largest absolute Gasteiger partial charge is 0.390 e. The molecule has 5 aliphatic rings. The van der Waals surface area contributed by atoms with Gasteiger partial charge >= 0.3 is 0 Å². The summed E-state index contributed by atoms with van der Waals surface area (Å²) in [6.45, 7) is -0.0882. The molecule has 1 heterocycles. The number of aliphatic hydroxyl groups is 1. The van der Waals surface area contributed by atoms with Crippen molar-refractivity contribution in [2.45, 2.75) is 74.0 Å². The van der Waals surface area contributed by atoms with Crippen molar-refractivity contribution in [2.24, 2.45) is 5.92 Å². The first-order chi connectivity index (χ1) is 11.2. The normalized spacial score (nSPS) is 49.4. The molecule has 4 bridgehead atoms. The number of alkyl halides is 2. The zero-order valence-electron chi connectivity index (χ0n) is 13.6. The van der Waals surface area contributed by atoms with Crippen molar-refractivity contribution in [2.75, 3.05) is 13.1 Å². The van der Waals surface area contributed by atoms with Crippen LogP contribution in [0.2, 0.25) is 0 Å². The van der Waals surface area contributed by atoms with Gasteiger partial charge in [-0.25, -0.2) is 8.78 Å². The Hall–Kier alpha value is -1.26. The predicted molar refractivity (Wildman–Crippen MR) is 81.3 cm³/mol. The van der Waals surface area contributed by atoms with Gasteiger partial charge in [0.2, 0.25) is 5.91 Å². The summed E-state index contributed by atoms with van der Waals surface area (Å²) in [5, 5.41) is 22.9. The van der Waals surface area contributed by atoms with Gasteiger partial charge in [0.15, 0.2) is 0 Å². The van der Waals surface area contributed by atoms with E-state index in [0.717, 1.165) is 6.42 Å². The van der Waals surface area contributed by atoms with Gasteiger partial charge in [0, 0.05) is 18.4 Å². The molecule has 1 saturated heterocycles. The van der Waals surface area contributed by atoms with Crippen LogP contribution in [0.4, 0.5) is 8.78 Å². The Labute approximate surface area is 140 Å². The van der Waals surface area contributed by atoms with Gasteiger partial charge in [-0.2, -0.15) is 5.26 Å². The van der Waals surface area contributed by atoms with Crippen LogP contribution in [0, 0.1) is 17.2 Å². The van der Waals surface area contributed by atoms with E-state index in [-0.39, 0.29) is 37.8 Å². The molecule has 1 amide bonds. The number of carbonyl (C=O) groups is 1. The molecule has 4 unspecified atom stereocenters. The Balaban J connectivity index is 1.44. The summed E-state index contributed by atoms with van der Waals surface area (Å²) in [6.07, 6.45) is 1.78. The SMILES string of the molecule is N#C[C@@H]1C[C@H](F)CN1C(=O)CNC12CC3CC(O)(CC(F)(C3)C1)C2. The monoisotopic (exact) mass is 339 g/mol. The van der Waals surface area contributed by atoms with Crippen LogP contribution >= 0.6 is 0 Å². The van der Waals surface area contributed by atoms with E-state index in [9.17, 15) is 18.7 Å². The maximum absolute atomic E-state index is 15.0. The van der Waals surface area contributed by atoms with E-state index in [1.807, 2.05) is 6.07 Å². The molecule has 4 aliphatic carbocycles. The highest BCUT2D eigenvalue weighted by molar-refractivity contribution is 5.79. The van der Waals surface area contributed by atoms with Gasteiger partial charge < -0.3 is 15.3 Å². The summed E-state index contributed by atoms with van der Waals surface area (Å²) in [5.41, 5.74) is -2.89. The number of halogens is 2. The van der Waals surface area contributed by atoms with Gasteiger partial charge in [0.05, 0.1) is 24.8 Å². The van der Waals surface area contributed by atoms with Crippen LogP contribution in [0.5, 0.6) is 0 Å². The Morgan fingerprint density at radius 2 is 2.12 bits per heavy atom. The highest BCUT2D eigenvalue weighted by Gasteiger charge is 2.63. The molecule has 5 rings (SSSR count). The van der Waals surface area contributed by atoms with Crippen LogP contribution in [0.1, 0.15) is 44.9 Å². The van der Waals surface area contributed by atoms with Gasteiger partial charge in [0.1, 0.15) is 17.9 Å². The molecule has 1 aliphatic heterocycles. The molecule has 0 aromatic rings. The lowest BCUT2D eigenvalue weighted by Gasteiger charge is -2.62. The zero-order chi connectivity index (χ0) is 17.2. The smallest absolute Gasteiger partial charge is 0.237 e. The maximum Gasteiger partial charge on any atom is 0.237 e. The number of nitriles is 1. The molecule has 5 nitrogen and oxygen atoms in total. The van der Waals surface area contributed by atoms with Gasteiger partial charge in [-0.15, -0.1) is 0 Å². The fraction of sp³-hybridized carbons (Fsp3) is 0.882. The van der Waals surface area contributed by atoms with E-state index in [1.54, 1.807) is 0 Å². The lowest BCUT2D eigenvalue weighted by atomic mass is 9.50. The van der Waals surface area contributed by atoms with Crippen molar-refractivity contribution < 1.29 is 18.7 Å². The second-order valence-electron chi connectivity index (χ2n) is 8.54. The van der Waals surface area contributed by atoms with Crippen molar-refractivity contribution >= 4 is 5.91 Å². The molecule has 24 heavy (non-hydrogen) atoms. The summed E-state index contributed by atoms with van der Waals surface area (Å²) >= 11 is 0. The second kappa shape index (κ2) is 5.12. The van der Waals surface area contributed by atoms with E-state index in [2.05, 4.69) is 5.32 Å². The predicted octanol–water partition coefficient (Wildman–Crippen LogP) is 1.21. The van der Waals surface area contributed by atoms with Gasteiger partial charge in [-0.1, -0.05) is 0 Å². The summed E-state index contributed by atoms with van der Waals surface area (Å²) in [7, 11) is 0. The van der Waals surface area contributed by atoms with E-state index in [1.165, 1.54) is 4.90 Å². The van der Waals surface area contributed by atoms with Gasteiger partial charge in [-0.3, -0.25) is 4.79 Å². The Kier molecular flexibility index (Phi) is 3.46. The van der Waals surface area contributed by atoms with E-state index < -0.39 is 29.0 Å². The fourth-order valence-electron chi connectivity index (χ4n) is 6.01. The molecule has 0 spiro atoms. The number of likely N-dealkylation sites (tertiary alicyclic amines) is 1. The van der Waals surface area contributed by atoms with Crippen LogP contribution in [-0.2, 0) is 4.79 Å². The fourth-order valence-corrected chi connectivity index (χ4v) is 6.01. The number of nitrogens with one attached hydrogen (secondary N) is 1. The third kappa shape index (κ3) is 2.60. The number of rotatable bonds is 3. The first kappa shape index (κ1) is 16.2. The van der Waals surface area contributed by atoms with Crippen LogP contribution in [0.25, 0.3) is 0 Å². The van der Waals surface area contributed by atoms with Crippen molar-refractivity contribution in [1.29, 1.82) is 5.26 Å². The van der Waals surface area contributed by atoms with Crippen molar-refractivity contribution in [3.8, 4) is 6.07 Å². The lowest BCUT2D eigenvalue weighted by Crippen LogP contribution is -2.69. The molecule has 0 radical (unpaired) electrons. The third-order valence-electron chi connectivity index (χ3n) is 6.31. The average molecular weight is 339 g/mol. The van der Waals surface area contributed by atoms with E-state index >= 15 is 0 Å². The molecule has 7 heteroatoms. The molecule has 0 aromatic carbocycles. The highest BCUT2D eigenvalue weighted by Crippen LogP contribution is 2.60. The lowest BCUT2D eigenvalue weighted by molar-refractivity contribution is -0.186. The number of hydrogen-bond donors (Lipinski definition) is 2. The van der Waals surface area contributed by atoms with Crippen molar-refractivity contribution in [3.63, 3.8) is 0 Å². The number of nitrogens with zero attached hydrogens (tertiary/aromatic N) is 2. The molecule has 2 N–H and O–H groups in total. The number of hydrogen-bond acceptors (Lipinski definition) is 4. The summed E-state index contributed by atoms with van der Waals surface area (Å²) in [4.78, 5) is 13.7. The Morgan fingerprint density at radius 3 is 2.79 bits per heavy atom. The summed E-state index contributed by atoms with van der Waals surface area (Å²) < 4.78 is 28.5. The maximum atomic E-state index is 15.0. The number of amides is 1. The topological polar surface area (TPSA) is 76.4 Å². The first-order valence-corrected chi connectivity index (χ1v) is 8.73. The second-order valence-corrected chi connectivity index (χ2v) is 8.54. The molecular formula is C17H23F2N3O2. The van der Waals surface area contributed by atoms with Crippen LogP contribution in [-0.4, -0.2) is 58.0 Å². The quantitative estimate of drug-likeness (QED) is 0.810. The van der Waals surface area contributed by atoms with E-state index in [0.29, 0.717) is 25.7 Å². The average Bonchev–Trinajstić information content (AvgIpc) is 2.82. The van der Waals surface area contributed by atoms with Gasteiger partial charge in [0.25, 0.3) is 0 Å². The highest BCUT2D eigenvalue weighted by atomic mass is 19.1. The minimum absolute atomic E-state index is 0.0379. The molecule has 6 atom stereocenters. The molecule has 4 saturated carbocycles. The molecule has 0 aromatic heterocycles. The zero-order valence-corrected chi connectivity index (χ0v) is 13.6. The van der Waals surface area contributed by atoms with E-state index in [4.69, 9.17) is 5.26 Å². The van der Waals surface area contributed by atoms with Crippen LogP contribution < -0.4 is 5.32 Å². The summed E-state index contributed by atoms with van der Waals surface area (Å²) in [5.74, 6) is -0.176. The minimum atomic E-state index is -1.35. The minimum Gasteiger partial charge on any atom is -0.390 e. The van der Waals surface area contributed by atoms with Gasteiger partial charge in [-0.05, 0) is 38.0 Å². The van der Waals surface area contributed by atoms with Crippen molar-refractivity contribution in [1.82, 2.24) is 10.2 Å². The third-order valence-corrected chi connectivity index (χ3v) is 6.31. The molecule has 132 valence electrons. The van der Waals surface area contributed by atoms with Crippen LogP contribution in [0.3, 0.4) is 0 Å². The van der Waals surface area contributed by atoms with Crippen LogP contribution in [0.15, 0.2) is 0 Å². The summed E-state index contributed by atoms with van der Waals surface area (Å²) in [6, 6.07) is 1.25. The Bertz CT molecular complexity index is 589.